The second kappa shape index (κ2) is 16.9. The van der Waals surface area contributed by atoms with Gasteiger partial charge in [0.25, 0.3) is 0 Å². The van der Waals surface area contributed by atoms with Gasteiger partial charge in [0.2, 0.25) is 0 Å². The SMILES string of the molecule is C[C@@H]1CC[C@]2(O[C@H]1O)O[C@H]1C[C@H]3[C@@H]4CC=C5C[C@@H](O[C@@H]6O[C@H](CO)[C@@H](O[C@@H]7O[C@@H](C)[C@H](O)[C@@H](O)[C@H]7O)[C@H](O)[C@H]6O[C@@H]6O[C@@H](C)[C@H](O)[C@@H](O)[C@H]6O)CC[C@]5(C)[C@H]4CC[C@]3(C)[C@@]1(O)[C@@H]2C. The number of aliphatic hydroxyl groups excluding tert-OH is 9. The molecule has 0 aromatic heterocycles. The molecular weight excluding hydrogens is 828 g/mol. The summed E-state index contributed by atoms with van der Waals surface area (Å²) in [6.07, 6.45) is -14.6. The smallest absolute Gasteiger partial charge is 0.187 e. The first-order valence-corrected chi connectivity index (χ1v) is 23.4. The summed E-state index contributed by atoms with van der Waals surface area (Å²) in [6, 6.07) is 0. The Morgan fingerprint density at radius 1 is 0.667 bits per heavy atom. The van der Waals surface area contributed by atoms with Gasteiger partial charge in [-0.1, -0.05) is 39.3 Å². The number of rotatable bonds is 7. The van der Waals surface area contributed by atoms with Crippen LogP contribution < -0.4 is 0 Å². The van der Waals surface area contributed by atoms with Crippen LogP contribution in [0.25, 0.3) is 0 Å². The van der Waals surface area contributed by atoms with Gasteiger partial charge in [0, 0.05) is 23.7 Å². The van der Waals surface area contributed by atoms with Crippen LogP contribution in [0.3, 0.4) is 0 Å². The highest BCUT2D eigenvalue weighted by molar-refractivity contribution is 5.29. The molecule has 8 fully saturated rings. The molecule has 0 radical (unpaired) electrons. The maximum absolute atomic E-state index is 12.8. The van der Waals surface area contributed by atoms with Gasteiger partial charge in [0.05, 0.1) is 31.0 Å². The standard InChI is InChI=1S/C45H72O18/c1-18-9-14-44(63-38(18)54)21(4)45(55)28(62-44)16-26-24-8-7-22-15-23(10-12-42(22,5)25(24)11-13-43(26,45)6)58-41-37(61-40-34(52)32(50)30(48)20(3)57-40)35(53)36(27(17-46)59-41)60-39-33(51)31(49)29(47)19(2)56-39/h7,18-21,23-41,46-55H,8-17H2,1-6H3/t18-,19+,20+,21-,23+,24-,25+,26+,27-,28+,29+,30+,31-,32-,33-,34-,35+,36-,37-,38-,39+,40+,41-,42+,43+,44-,45-/m1/s1. The van der Waals surface area contributed by atoms with Crippen molar-refractivity contribution in [2.75, 3.05) is 6.61 Å². The van der Waals surface area contributed by atoms with Crippen LogP contribution in [0.5, 0.6) is 0 Å². The van der Waals surface area contributed by atoms with Crippen LogP contribution in [0.2, 0.25) is 0 Å². The predicted octanol–water partition coefficient (Wildman–Crippen LogP) is -0.325. The maximum Gasteiger partial charge on any atom is 0.187 e. The third kappa shape index (κ3) is 7.27. The second-order valence-electron chi connectivity index (χ2n) is 21.2. The molecule has 4 aliphatic carbocycles. The highest BCUT2D eigenvalue weighted by atomic mass is 16.8. The molecule has 0 aromatic carbocycles. The van der Waals surface area contributed by atoms with Crippen molar-refractivity contribution in [3.63, 3.8) is 0 Å². The van der Waals surface area contributed by atoms with Gasteiger partial charge in [-0.15, -0.1) is 0 Å². The molecule has 5 saturated heterocycles. The predicted molar refractivity (Wildman–Crippen MR) is 215 cm³/mol. The lowest BCUT2D eigenvalue weighted by Crippen LogP contribution is -2.66. The average Bonchev–Trinajstić information content (AvgIpc) is 3.61. The first kappa shape index (κ1) is 47.1. The van der Waals surface area contributed by atoms with Crippen molar-refractivity contribution in [1.29, 1.82) is 0 Å². The Morgan fingerprint density at radius 3 is 1.92 bits per heavy atom. The van der Waals surface area contributed by atoms with Gasteiger partial charge in [0.15, 0.2) is 30.9 Å². The number of aliphatic hydroxyl groups is 10. The molecule has 5 heterocycles. The quantitative estimate of drug-likeness (QED) is 0.147. The molecule has 18 nitrogen and oxygen atoms in total. The molecule has 10 N–H and O–H groups in total. The number of hydrogen-bond acceptors (Lipinski definition) is 18. The fourth-order valence-corrected chi connectivity index (χ4v) is 13.9. The zero-order chi connectivity index (χ0) is 45.3. The van der Waals surface area contributed by atoms with Gasteiger partial charge in [-0.3, -0.25) is 0 Å². The summed E-state index contributed by atoms with van der Waals surface area (Å²) >= 11 is 0. The van der Waals surface area contributed by atoms with Crippen LogP contribution in [-0.4, -0.2) is 180 Å². The molecular formula is C45H72O18. The van der Waals surface area contributed by atoms with Gasteiger partial charge in [0.1, 0.15) is 66.6 Å². The largest absolute Gasteiger partial charge is 0.394 e. The van der Waals surface area contributed by atoms with Crippen LogP contribution >= 0.6 is 0 Å². The molecule has 0 amide bonds. The van der Waals surface area contributed by atoms with Crippen molar-refractivity contribution in [1.82, 2.24) is 0 Å². The molecule has 27 atom stereocenters. The number of fused-ring (bicyclic) bond motifs is 7. The molecule has 9 aliphatic rings. The lowest BCUT2D eigenvalue weighted by Gasteiger charge is -2.60. The number of hydrogen-bond donors (Lipinski definition) is 10. The van der Waals surface area contributed by atoms with E-state index in [4.69, 9.17) is 37.9 Å². The van der Waals surface area contributed by atoms with E-state index < -0.39 is 134 Å². The van der Waals surface area contributed by atoms with E-state index in [0.29, 0.717) is 31.1 Å². The van der Waals surface area contributed by atoms with Crippen molar-refractivity contribution >= 4 is 0 Å². The Morgan fingerprint density at radius 2 is 1.30 bits per heavy atom. The van der Waals surface area contributed by atoms with Crippen LogP contribution in [0.15, 0.2) is 11.6 Å². The summed E-state index contributed by atoms with van der Waals surface area (Å²) in [5.74, 6) is -0.417. The fraction of sp³-hybridized carbons (Fsp3) is 0.956. The molecule has 1 spiro atoms. The van der Waals surface area contributed by atoms with E-state index in [9.17, 15) is 51.1 Å². The van der Waals surface area contributed by atoms with Crippen LogP contribution in [-0.2, 0) is 37.9 Å². The zero-order valence-corrected chi connectivity index (χ0v) is 37.2. The Kier molecular flexibility index (Phi) is 12.6. The summed E-state index contributed by atoms with van der Waals surface area (Å²) < 4.78 is 49.5. The Bertz CT molecular complexity index is 1690. The van der Waals surface area contributed by atoms with Gasteiger partial charge < -0.3 is 89.0 Å². The normalized spacial score (nSPS) is 59.3. The zero-order valence-electron chi connectivity index (χ0n) is 37.2. The Labute approximate surface area is 368 Å². The van der Waals surface area contributed by atoms with E-state index in [-0.39, 0.29) is 23.2 Å². The molecule has 0 aromatic rings. The summed E-state index contributed by atoms with van der Waals surface area (Å²) in [7, 11) is 0. The first-order chi connectivity index (χ1) is 29.7. The topological polar surface area (TPSA) is 276 Å². The number of allylic oxidation sites excluding steroid dienone is 1. The lowest BCUT2D eigenvalue weighted by molar-refractivity contribution is -0.388. The summed E-state index contributed by atoms with van der Waals surface area (Å²) in [5, 5.41) is 109. The van der Waals surface area contributed by atoms with E-state index in [1.165, 1.54) is 19.4 Å². The summed E-state index contributed by atoms with van der Waals surface area (Å²) in [5.41, 5.74) is -0.392. The second-order valence-corrected chi connectivity index (χ2v) is 21.2. The lowest BCUT2D eigenvalue weighted by atomic mass is 9.46. The highest BCUT2D eigenvalue weighted by Crippen LogP contribution is 2.72. The monoisotopic (exact) mass is 900 g/mol. The molecule has 0 bridgehead atoms. The van der Waals surface area contributed by atoms with E-state index in [1.54, 1.807) is 0 Å². The number of ether oxygens (including phenoxy) is 8. The molecule has 9 rings (SSSR count). The summed E-state index contributed by atoms with van der Waals surface area (Å²) in [4.78, 5) is 0. The van der Waals surface area contributed by atoms with Crippen molar-refractivity contribution in [2.24, 2.45) is 40.4 Å². The minimum absolute atomic E-state index is 0.000831. The van der Waals surface area contributed by atoms with Crippen LogP contribution in [0, 0.1) is 40.4 Å². The molecule has 63 heavy (non-hydrogen) atoms. The van der Waals surface area contributed by atoms with Gasteiger partial charge in [-0.25, -0.2) is 0 Å². The Balaban J connectivity index is 0.924. The Hall–Kier alpha value is -0.980. The molecule has 3 saturated carbocycles. The highest BCUT2D eigenvalue weighted by Gasteiger charge is 2.76. The third-order valence-electron chi connectivity index (χ3n) is 18.1. The molecule has 0 unspecified atom stereocenters. The van der Waals surface area contributed by atoms with Crippen LogP contribution in [0.1, 0.15) is 99.3 Å². The van der Waals surface area contributed by atoms with E-state index in [2.05, 4.69) is 19.9 Å². The van der Waals surface area contributed by atoms with Crippen LogP contribution in [0.4, 0.5) is 0 Å². The summed E-state index contributed by atoms with van der Waals surface area (Å²) in [6.45, 7) is 10.9. The molecule has 5 aliphatic heterocycles. The average molecular weight is 901 g/mol. The third-order valence-corrected chi connectivity index (χ3v) is 18.1. The van der Waals surface area contributed by atoms with Crippen molar-refractivity contribution in [3.05, 3.63) is 11.6 Å². The van der Waals surface area contributed by atoms with Crippen molar-refractivity contribution in [3.8, 4) is 0 Å². The minimum atomic E-state index is -1.73. The van der Waals surface area contributed by atoms with Crippen molar-refractivity contribution < 1.29 is 89.0 Å². The molecule has 360 valence electrons. The van der Waals surface area contributed by atoms with E-state index in [0.717, 1.165) is 38.5 Å². The maximum atomic E-state index is 12.8. The van der Waals surface area contributed by atoms with Gasteiger partial charge >= 0.3 is 0 Å². The molecule has 18 heteroatoms. The fourth-order valence-electron chi connectivity index (χ4n) is 13.9. The van der Waals surface area contributed by atoms with Gasteiger partial charge in [-0.05, 0) is 88.4 Å². The van der Waals surface area contributed by atoms with Gasteiger partial charge in [-0.2, -0.15) is 0 Å². The van der Waals surface area contributed by atoms with E-state index >= 15 is 0 Å². The minimum Gasteiger partial charge on any atom is -0.394 e. The van der Waals surface area contributed by atoms with Crippen molar-refractivity contribution in [2.45, 2.75) is 221 Å². The van der Waals surface area contributed by atoms with E-state index in [1.807, 2.05) is 13.8 Å². The first-order valence-electron chi connectivity index (χ1n) is 23.4.